The molecular weight excluding hydrogens is 255 g/mol. The van der Waals surface area contributed by atoms with Gasteiger partial charge in [-0.05, 0) is 30.2 Å². The van der Waals surface area contributed by atoms with Crippen molar-refractivity contribution >= 4 is 10.9 Å². The highest BCUT2D eigenvalue weighted by Gasteiger charge is 2.09. The van der Waals surface area contributed by atoms with Gasteiger partial charge >= 0.3 is 0 Å². The first-order valence-electron chi connectivity index (χ1n) is 6.74. The van der Waals surface area contributed by atoms with E-state index in [0.717, 1.165) is 23.3 Å². The number of hydrogen-bond donors (Lipinski definition) is 0. The van der Waals surface area contributed by atoms with E-state index in [4.69, 9.17) is 0 Å². The summed E-state index contributed by atoms with van der Waals surface area (Å²) in [5.74, 6) is 1.23. The first kappa shape index (κ1) is 12.8. The predicted molar refractivity (Wildman–Crippen MR) is 75.9 cm³/mol. The zero-order chi connectivity index (χ0) is 14.1. The molecule has 104 valence electrons. The fraction of sp³-hybridized carbons (Fsp3) is 0.333. The summed E-state index contributed by atoms with van der Waals surface area (Å²) in [7, 11) is 0. The first-order valence-corrected chi connectivity index (χ1v) is 6.74. The van der Waals surface area contributed by atoms with Gasteiger partial charge in [0.05, 0.1) is 6.54 Å². The van der Waals surface area contributed by atoms with Crippen molar-refractivity contribution in [1.82, 2.24) is 19.3 Å². The smallest absolute Gasteiger partial charge is 0.146 e. The number of benzene rings is 1. The second kappa shape index (κ2) is 5.07. The highest BCUT2D eigenvalue weighted by Crippen LogP contribution is 2.18. The molecular formula is C15H17FN4. The third-order valence-electron chi connectivity index (χ3n) is 3.28. The van der Waals surface area contributed by atoms with Crippen molar-refractivity contribution in [2.45, 2.75) is 26.9 Å². The van der Waals surface area contributed by atoms with E-state index in [1.807, 2.05) is 16.9 Å². The Morgan fingerprint density at radius 3 is 2.90 bits per heavy atom. The van der Waals surface area contributed by atoms with E-state index in [1.54, 1.807) is 18.5 Å². The Hall–Kier alpha value is -2.17. The van der Waals surface area contributed by atoms with Crippen molar-refractivity contribution in [2.75, 3.05) is 0 Å². The largest absolute Gasteiger partial charge is 0.340 e. The minimum atomic E-state index is -0.210. The van der Waals surface area contributed by atoms with E-state index < -0.39 is 0 Å². The molecule has 0 unspecified atom stereocenters. The van der Waals surface area contributed by atoms with Gasteiger partial charge in [-0.15, -0.1) is 0 Å². The van der Waals surface area contributed by atoms with Crippen molar-refractivity contribution in [1.29, 1.82) is 0 Å². The number of hydrogen-bond acceptors (Lipinski definition) is 2. The van der Waals surface area contributed by atoms with Crippen molar-refractivity contribution in [3.63, 3.8) is 0 Å². The summed E-state index contributed by atoms with van der Waals surface area (Å²) in [6, 6.07) is 6.75. The minimum absolute atomic E-state index is 0.210. The Morgan fingerprint density at radius 2 is 2.10 bits per heavy atom. The van der Waals surface area contributed by atoms with Crippen LogP contribution in [0.1, 0.15) is 19.7 Å². The maximum atomic E-state index is 13.2. The Bertz CT molecular complexity index is 726. The van der Waals surface area contributed by atoms with Gasteiger partial charge in [-0.1, -0.05) is 13.8 Å². The third kappa shape index (κ3) is 2.43. The summed E-state index contributed by atoms with van der Waals surface area (Å²) in [5, 5.41) is 5.17. The van der Waals surface area contributed by atoms with Crippen LogP contribution in [0.2, 0.25) is 0 Å². The summed E-state index contributed by atoms with van der Waals surface area (Å²) in [6.45, 7) is 5.80. The van der Waals surface area contributed by atoms with Crippen LogP contribution in [0, 0.1) is 11.7 Å². The molecule has 0 aliphatic rings. The molecule has 0 fully saturated rings. The summed E-state index contributed by atoms with van der Waals surface area (Å²) >= 11 is 0. The molecule has 3 aromatic rings. The van der Waals surface area contributed by atoms with E-state index in [-0.39, 0.29) is 5.82 Å². The van der Waals surface area contributed by atoms with Crippen LogP contribution in [0.25, 0.3) is 10.9 Å². The van der Waals surface area contributed by atoms with Crippen LogP contribution in [0.4, 0.5) is 4.39 Å². The first-order chi connectivity index (χ1) is 9.63. The van der Waals surface area contributed by atoms with Crippen LogP contribution in [0.3, 0.4) is 0 Å². The molecule has 2 aromatic heterocycles. The lowest BCUT2D eigenvalue weighted by atomic mass is 10.2. The third-order valence-corrected chi connectivity index (χ3v) is 3.28. The second-order valence-corrected chi connectivity index (χ2v) is 5.40. The number of nitrogens with zero attached hydrogens (tertiary/aromatic N) is 4. The molecule has 4 nitrogen and oxygen atoms in total. The number of halogens is 1. The highest BCUT2D eigenvalue weighted by atomic mass is 19.1. The van der Waals surface area contributed by atoms with Crippen molar-refractivity contribution in [2.24, 2.45) is 5.92 Å². The molecule has 0 radical (unpaired) electrons. The second-order valence-electron chi connectivity index (χ2n) is 5.40. The zero-order valence-corrected chi connectivity index (χ0v) is 11.6. The summed E-state index contributed by atoms with van der Waals surface area (Å²) in [5.41, 5.74) is 1.01. The highest BCUT2D eigenvalue weighted by molar-refractivity contribution is 5.80. The normalized spacial score (nSPS) is 11.6. The van der Waals surface area contributed by atoms with E-state index in [1.165, 1.54) is 6.07 Å². The fourth-order valence-electron chi connectivity index (χ4n) is 2.37. The zero-order valence-electron chi connectivity index (χ0n) is 11.6. The molecule has 2 heterocycles. The Kier molecular flexibility index (Phi) is 3.26. The molecule has 3 rings (SSSR count). The molecule has 0 aliphatic carbocycles. The lowest BCUT2D eigenvalue weighted by Crippen LogP contribution is -2.12. The van der Waals surface area contributed by atoms with Gasteiger partial charge in [0.25, 0.3) is 0 Å². The minimum Gasteiger partial charge on any atom is -0.340 e. The quantitative estimate of drug-likeness (QED) is 0.731. The molecule has 5 heteroatoms. The van der Waals surface area contributed by atoms with E-state index in [0.29, 0.717) is 12.5 Å². The van der Waals surface area contributed by atoms with Crippen LogP contribution >= 0.6 is 0 Å². The number of aromatic nitrogens is 4. The van der Waals surface area contributed by atoms with Crippen LogP contribution in [-0.2, 0) is 13.1 Å². The van der Waals surface area contributed by atoms with Crippen LogP contribution < -0.4 is 0 Å². The average Bonchev–Trinajstić information content (AvgIpc) is 2.97. The van der Waals surface area contributed by atoms with Gasteiger partial charge in [-0.3, -0.25) is 0 Å². The standard InChI is InChI=1S/C15H17FN4/c1-11(2)8-20-15(17-10-18-20)9-19-6-5-12-7-13(16)3-4-14(12)19/h3-7,10-11H,8-9H2,1-2H3. The van der Waals surface area contributed by atoms with E-state index in [2.05, 4.69) is 28.5 Å². The van der Waals surface area contributed by atoms with Crippen molar-refractivity contribution in [3.8, 4) is 0 Å². The lowest BCUT2D eigenvalue weighted by molar-refractivity contribution is 0.462. The molecule has 0 saturated heterocycles. The maximum absolute atomic E-state index is 13.2. The number of fused-ring (bicyclic) bond motifs is 1. The molecule has 0 amide bonds. The van der Waals surface area contributed by atoms with Crippen molar-refractivity contribution < 1.29 is 4.39 Å². The summed E-state index contributed by atoms with van der Waals surface area (Å²) < 4.78 is 17.2. The summed E-state index contributed by atoms with van der Waals surface area (Å²) in [4.78, 5) is 4.33. The molecule has 0 bridgehead atoms. The van der Waals surface area contributed by atoms with Crippen LogP contribution in [0.15, 0.2) is 36.8 Å². The maximum Gasteiger partial charge on any atom is 0.146 e. The molecule has 0 saturated carbocycles. The molecule has 20 heavy (non-hydrogen) atoms. The van der Waals surface area contributed by atoms with Gasteiger partial charge in [-0.2, -0.15) is 5.10 Å². The van der Waals surface area contributed by atoms with Crippen molar-refractivity contribution in [3.05, 3.63) is 48.4 Å². The molecule has 0 aliphatic heterocycles. The lowest BCUT2D eigenvalue weighted by Gasteiger charge is -2.10. The Balaban J connectivity index is 1.92. The molecule has 0 atom stereocenters. The Morgan fingerprint density at radius 1 is 1.25 bits per heavy atom. The molecule has 0 N–H and O–H groups in total. The van der Waals surface area contributed by atoms with E-state index in [9.17, 15) is 4.39 Å². The number of rotatable bonds is 4. The molecule has 1 aromatic carbocycles. The van der Waals surface area contributed by atoms with Crippen LogP contribution in [0.5, 0.6) is 0 Å². The molecule has 0 spiro atoms. The van der Waals surface area contributed by atoms with Gasteiger partial charge in [0.15, 0.2) is 0 Å². The Labute approximate surface area is 116 Å². The topological polar surface area (TPSA) is 35.6 Å². The van der Waals surface area contributed by atoms with Gasteiger partial charge < -0.3 is 4.57 Å². The van der Waals surface area contributed by atoms with E-state index >= 15 is 0 Å². The van der Waals surface area contributed by atoms with Gasteiger partial charge in [0, 0.05) is 23.6 Å². The van der Waals surface area contributed by atoms with Gasteiger partial charge in [-0.25, -0.2) is 14.1 Å². The predicted octanol–water partition coefficient (Wildman–Crippen LogP) is 3.08. The summed E-state index contributed by atoms with van der Waals surface area (Å²) in [6.07, 6.45) is 3.54. The van der Waals surface area contributed by atoms with Gasteiger partial charge in [0.1, 0.15) is 18.0 Å². The SMILES string of the molecule is CC(C)Cn1ncnc1Cn1ccc2cc(F)ccc21. The average molecular weight is 272 g/mol. The van der Waals surface area contributed by atoms with Crippen LogP contribution in [-0.4, -0.2) is 19.3 Å². The van der Waals surface area contributed by atoms with Gasteiger partial charge in [0.2, 0.25) is 0 Å². The monoisotopic (exact) mass is 272 g/mol. The fourth-order valence-corrected chi connectivity index (χ4v) is 2.37.